The van der Waals surface area contributed by atoms with Crippen LogP contribution in [0, 0.1) is 6.92 Å². The predicted molar refractivity (Wildman–Crippen MR) is 118 cm³/mol. The number of aryl methyl sites for hydroxylation is 1. The van der Waals surface area contributed by atoms with Crippen LogP contribution in [0.1, 0.15) is 61.4 Å². The second-order valence-electron chi connectivity index (χ2n) is 8.85. The lowest BCUT2D eigenvalue weighted by Crippen LogP contribution is -2.37. The van der Waals surface area contributed by atoms with Crippen LogP contribution in [0.4, 0.5) is 9.80 Å². The number of hydrogen-bond acceptors (Lipinski definition) is 5. The lowest BCUT2D eigenvalue weighted by atomic mass is 9.90. The van der Waals surface area contributed by atoms with E-state index in [0.29, 0.717) is 0 Å². The van der Waals surface area contributed by atoms with Crippen molar-refractivity contribution in [3.8, 4) is 0 Å². The number of nitrogens with zero attached hydrogens (tertiary/aromatic N) is 3. The van der Waals surface area contributed by atoms with Crippen LogP contribution < -0.4 is 4.90 Å². The maximum atomic E-state index is 12.8. The van der Waals surface area contributed by atoms with Crippen molar-refractivity contribution in [1.29, 1.82) is 0 Å². The summed E-state index contributed by atoms with van der Waals surface area (Å²) >= 11 is 8.25. The third kappa shape index (κ3) is 4.38. The second-order valence-corrected chi connectivity index (χ2v) is 10.5. The molecule has 2 aromatic rings. The first kappa shape index (κ1) is 20.5. The Morgan fingerprint density at radius 2 is 2.10 bits per heavy atom. The lowest BCUT2D eigenvalue weighted by molar-refractivity contribution is 0.0224. The summed E-state index contributed by atoms with van der Waals surface area (Å²) in [5.41, 5.74) is 3.29. The van der Waals surface area contributed by atoms with Crippen molar-refractivity contribution in [2.45, 2.75) is 65.1 Å². The van der Waals surface area contributed by atoms with Crippen LogP contribution in [0.5, 0.6) is 0 Å². The smallest absolute Gasteiger partial charge is 0.410 e. The Kier molecular flexibility index (Phi) is 5.51. The van der Waals surface area contributed by atoms with E-state index in [1.165, 1.54) is 21.7 Å². The van der Waals surface area contributed by atoms with Crippen molar-refractivity contribution >= 4 is 34.0 Å². The van der Waals surface area contributed by atoms with Gasteiger partial charge in [-0.1, -0.05) is 11.6 Å². The fourth-order valence-electron chi connectivity index (χ4n) is 4.30. The van der Waals surface area contributed by atoms with Crippen molar-refractivity contribution in [3.63, 3.8) is 0 Å². The highest BCUT2D eigenvalue weighted by molar-refractivity contribution is 7.15. The SMILES string of the molecule is Cc1ncc(N2CCc3c(cc(Cl)cc3C3CCCN3C(=O)OC(C)(C)C)C2)s1. The number of fused-ring (bicyclic) bond motifs is 1. The van der Waals surface area contributed by atoms with Gasteiger partial charge in [0, 0.05) is 24.7 Å². The zero-order chi connectivity index (χ0) is 20.8. The number of amides is 1. The standard InChI is InChI=1S/C22H28ClN3O2S/c1-14-24-12-20(29-14)25-9-7-17-15(13-25)10-16(23)11-18(17)19-6-5-8-26(19)21(27)28-22(2,3)4/h10-12,19H,5-9,13H2,1-4H3. The number of ether oxygens (including phenoxy) is 1. The number of benzene rings is 1. The Morgan fingerprint density at radius 1 is 1.31 bits per heavy atom. The van der Waals surface area contributed by atoms with Crippen LogP contribution in [0.3, 0.4) is 0 Å². The molecule has 0 spiro atoms. The summed E-state index contributed by atoms with van der Waals surface area (Å²) in [7, 11) is 0. The van der Waals surface area contributed by atoms with E-state index in [0.717, 1.165) is 48.9 Å². The van der Waals surface area contributed by atoms with Crippen LogP contribution in [-0.2, 0) is 17.7 Å². The van der Waals surface area contributed by atoms with E-state index in [-0.39, 0.29) is 12.1 Å². The molecule has 156 valence electrons. The average Bonchev–Trinajstić information content (AvgIpc) is 3.28. The molecule has 7 heteroatoms. The third-order valence-electron chi connectivity index (χ3n) is 5.50. The van der Waals surface area contributed by atoms with E-state index < -0.39 is 5.60 Å². The number of carbonyl (C=O) groups excluding carboxylic acids is 1. The van der Waals surface area contributed by atoms with Gasteiger partial charge in [-0.25, -0.2) is 9.78 Å². The molecule has 0 aliphatic carbocycles. The van der Waals surface area contributed by atoms with Gasteiger partial charge in [-0.15, -0.1) is 11.3 Å². The molecule has 5 nitrogen and oxygen atoms in total. The molecule has 4 rings (SSSR count). The fraction of sp³-hybridized carbons (Fsp3) is 0.545. The first-order valence-corrected chi connectivity index (χ1v) is 11.4. The van der Waals surface area contributed by atoms with E-state index in [1.807, 2.05) is 38.8 Å². The summed E-state index contributed by atoms with van der Waals surface area (Å²) in [5.74, 6) is 0. The number of aromatic nitrogens is 1. The number of likely N-dealkylation sites (tertiary alicyclic amines) is 1. The molecule has 0 saturated carbocycles. The molecular formula is C22H28ClN3O2S. The molecule has 3 heterocycles. The summed E-state index contributed by atoms with van der Waals surface area (Å²) in [6.07, 6.45) is 4.60. The van der Waals surface area contributed by atoms with Gasteiger partial charge in [0.2, 0.25) is 0 Å². The van der Waals surface area contributed by atoms with Gasteiger partial charge in [-0.05, 0) is 75.8 Å². The van der Waals surface area contributed by atoms with Gasteiger partial charge in [0.15, 0.2) is 0 Å². The number of anilines is 1. The molecule has 1 saturated heterocycles. The normalized spacial score (nSPS) is 19.4. The molecule has 1 aromatic carbocycles. The summed E-state index contributed by atoms with van der Waals surface area (Å²) in [6, 6.07) is 4.17. The second kappa shape index (κ2) is 7.80. The van der Waals surface area contributed by atoms with Gasteiger partial charge in [-0.3, -0.25) is 0 Å². The molecule has 1 aromatic heterocycles. The molecule has 1 fully saturated rings. The maximum absolute atomic E-state index is 12.8. The van der Waals surface area contributed by atoms with E-state index in [2.05, 4.69) is 22.0 Å². The zero-order valence-electron chi connectivity index (χ0n) is 17.5. The number of carbonyl (C=O) groups is 1. The molecule has 1 unspecified atom stereocenters. The van der Waals surface area contributed by atoms with Gasteiger partial charge >= 0.3 is 6.09 Å². The van der Waals surface area contributed by atoms with Crippen LogP contribution in [0.25, 0.3) is 0 Å². The van der Waals surface area contributed by atoms with Crippen LogP contribution in [0.2, 0.25) is 5.02 Å². The highest BCUT2D eigenvalue weighted by atomic mass is 35.5. The molecule has 2 aliphatic heterocycles. The van der Waals surface area contributed by atoms with Gasteiger partial charge in [0.05, 0.1) is 17.2 Å². The van der Waals surface area contributed by atoms with Gasteiger partial charge in [0.25, 0.3) is 0 Å². The highest BCUT2D eigenvalue weighted by Crippen LogP contribution is 2.40. The highest BCUT2D eigenvalue weighted by Gasteiger charge is 2.35. The predicted octanol–water partition coefficient (Wildman–Crippen LogP) is 5.74. The average molecular weight is 434 g/mol. The Morgan fingerprint density at radius 3 is 2.79 bits per heavy atom. The summed E-state index contributed by atoms with van der Waals surface area (Å²) in [5, 5.41) is 3.01. The summed E-state index contributed by atoms with van der Waals surface area (Å²) < 4.78 is 5.67. The van der Waals surface area contributed by atoms with Crippen molar-refractivity contribution < 1.29 is 9.53 Å². The Hall–Kier alpha value is -1.79. The van der Waals surface area contributed by atoms with Gasteiger partial charge in [-0.2, -0.15) is 0 Å². The summed E-state index contributed by atoms with van der Waals surface area (Å²) in [6.45, 7) is 10.3. The van der Waals surface area contributed by atoms with Crippen LogP contribution in [0.15, 0.2) is 18.3 Å². The first-order valence-electron chi connectivity index (χ1n) is 10.2. The van der Waals surface area contributed by atoms with E-state index in [4.69, 9.17) is 16.3 Å². The van der Waals surface area contributed by atoms with Crippen molar-refractivity contribution in [2.24, 2.45) is 0 Å². The van der Waals surface area contributed by atoms with E-state index >= 15 is 0 Å². The van der Waals surface area contributed by atoms with Crippen LogP contribution >= 0.6 is 22.9 Å². The minimum Gasteiger partial charge on any atom is -0.444 e. The molecule has 29 heavy (non-hydrogen) atoms. The molecule has 2 aliphatic rings. The zero-order valence-corrected chi connectivity index (χ0v) is 19.1. The fourth-order valence-corrected chi connectivity index (χ4v) is 5.35. The minimum atomic E-state index is -0.495. The molecule has 0 radical (unpaired) electrons. The third-order valence-corrected chi connectivity index (χ3v) is 6.69. The lowest BCUT2D eigenvalue weighted by Gasteiger charge is -2.34. The molecular weight excluding hydrogens is 406 g/mol. The molecule has 1 atom stereocenters. The topological polar surface area (TPSA) is 45.7 Å². The van der Waals surface area contributed by atoms with Gasteiger partial charge in [0.1, 0.15) is 10.6 Å². The number of halogens is 1. The number of thiazole rings is 1. The largest absolute Gasteiger partial charge is 0.444 e. The number of rotatable bonds is 2. The van der Waals surface area contributed by atoms with Gasteiger partial charge < -0.3 is 14.5 Å². The molecule has 0 N–H and O–H groups in total. The van der Waals surface area contributed by atoms with E-state index in [9.17, 15) is 4.79 Å². The van der Waals surface area contributed by atoms with Crippen LogP contribution in [-0.4, -0.2) is 34.7 Å². The molecule has 1 amide bonds. The first-order chi connectivity index (χ1) is 13.7. The molecule has 0 bridgehead atoms. The maximum Gasteiger partial charge on any atom is 0.410 e. The number of hydrogen-bond donors (Lipinski definition) is 0. The monoisotopic (exact) mass is 433 g/mol. The Bertz CT molecular complexity index is 921. The Balaban J connectivity index is 1.62. The van der Waals surface area contributed by atoms with E-state index in [1.54, 1.807) is 11.3 Å². The van der Waals surface area contributed by atoms with Crippen molar-refractivity contribution in [1.82, 2.24) is 9.88 Å². The quantitative estimate of drug-likeness (QED) is 0.605. The minimum absolute atomic E-state index is 0.0366. The Labute approximate surface area is 181 Å². The van der Waals surface area contributed by atoms with Crippen molar-refractivity contribution in [2.75, 3.05) is 18.0 Å². The van der Waals surface area contributed by atoms with Crippen molar-refractivity contribution in [3.05, 3.63) is 45.1 Å². The summed E-state index contributed by atoms with van der Waals surface area (Å²) in [4.78, 5) is 21.4.